The molecule has 0 atom stereocenters. The maximum Gasteiger partial charge on any atom is 0.285 e. The van der Waals surface area contributed by atoms with Gasteiger partial charge in [0.2, 0.25) is 0 Å². The molecular weight excluding hydrogens is 460 g/mol. The van der Waals surface area contributed by atoms with Crippen molar-refractivity contribution in [1.82, 2.24) is 10.4 Å². The summed E-state index contributed by atoms with van der Waals surface area (Å²) in [6.07, 6.45) is 1.72. The van der Waals surface area contributed by atoms with Crippen molar-refractivity contribution in [3.8, 4) is 17.2 Å². The van der Waals surface area contributed by atoms with E-state index in [1.165, 1.54) is 0 Å². The lowest BCUT2D eigenvalue weighted by atomic mass is 10.1. The Morgan fingerprint density at radius 3 is 2.52 bits per heavy atom. The minimum Gasteiger partial charge on any atom is -0.497 e. The SMILES string of the molecule is CCOc1cc(/C=C2\SC(=S)N(NC(=O)c3ccc(OC)cc3)C2=O)ccc1OCC(C)C. The van der Waals surface area contributed by atoms with E-state index in [-0.39, 0.29) is 4.32 Å². The van der Waals surface area contributed by atoms with Crippen LogP contribution in [0, 0.1) is 5.92 Å². The second-order valence-electron chi connectivity index (χ2n) is 7.53. The summed E-state index contributed by atoms with van der Waals surface area (Å²) in [7, 11) is 1.55. The number of carbonyl (C=O) groups is 2. The van der Waals surface area contributed by atoms with Gasteiger partial charge in [-0.25, -0.2) is 0 Å². The van der Waals surface area contributed by atoms with E-state index >= 15 is 0 Å². The van der Waals surface area contributed by atoms with E-state index in [1.54, 1.807) is 37.5 Å². The maximum absolute atomic E-state index is 12.9. The van der Waals surface area contributed by atoms with Gasteiger partial charge in [-0.3, -0.25) is 15.0 Å². The standard InChI is InChI=1S/C24H26N2O5S2/c1-5-30-20-12-16(6-11-19(20)31-14-15(2)3)13-21-23(28)26(24(32)33-21)25-22(27)17-7-9-18(29-4)10-8-17/h6-13,15H,5,14H2,1-4H3,(H,25,27)/b21-13-. The number of rotatable bonds is 9. The zero-order chi connectivity index (χ0) is 24.0. The number of hydrogen-bond acceptors (Lipinski definition) is 7. The first-order chi connectivity index (χ1) is 15.8. The molecule has 33 heavy (non-hydrogen) atoms. The van der Waals surface area contributed by atoms with Gasteiger partial charge in [0.1, 0.15) is 5.75 Å². The van der Waals surface area contributed by atoms with E-state index in [0.29, 0.717) is 46.8 Å². The van der Waals surface area contributed by atoms with Crippen LogP contribution in [-0.4, -0.2) is 41.5 Å². The number of nitrogens with one attached hydrogen (secondary N) is 1. The molecule has 2 aromatic carbocycles. The molecule has 3 rings (SSSR count). The molecule has 1 aliphatic heterocycles. The van der Waals surface area contributed by atoms with Crippen molar-refractivity contribution in [2.45, 2.75) is 20.8 Å². The number of thiocarbonyl (C=S) groups is 1. The topological polar surface area (TPSA) is 77.1 Å². The summed E-state index contributed by atoms with van der Waals surface area (Å²) in [5.41, 5.74) is 3.72. The lowest BCUT2D eigenvalue weighted by molar-refractivity contribution is -0.123. The molecule has 9 heteroatoms. The third kappa shape index (κ3) is 6.27. The fraction of sp³-hybridized carbons (Fsp3) is 0.292. The van der Waals surface area contributed by atoms with E-state index < -0.39 is 11.8 Å². The van der Waals surface area contributed by atoms with Gasteiger partial charge in [-0.1, -0.05) is 31.7 Å². The van der Waals surface area contributed by atoms with E-state index in [1.807, 2.05) is 25.1 Å². The summed E-state index contributed by atoms with van der Waals surface area (Å²) < 4.78 is 16.9. The molecule has 0 bridgehead atoms. The first-order valence-corrected chi connectivity index (χ1v) is 11.7. The summed E-state index contributed by atoms with van der Waals surface area (Å²) in [6.45, 7) is 7.11. The van der Waals surface area contributed by atoms with E-state index in [0.717, 1.165) is 22.3 Å². The summed E-state index contributed by atoms with van der Waals surface area (Å²) in [5, 5.41) is 1.09. The first-order valence-electron chi connectivity index (χ1n) is 10.4. The van der Waals surface area contributed by atoms with Gasteiger partial charge in [0, 0.05) is 5.56 Å². The molecule has 0 saturated carbocycles. The molecule has 1 heterocycles. The molecule has 1 saturated heterocycles. The molecule has 174 valence electrons. The highest BCUT2D eigenvalue weighted by Gasteiger charge is 2.33. The summed E-state index contributed by atoms with van der Waals surface area (Å²) in [5.74, 6) is 1.43. The number of thioether (sulfide) groups is 1. The van der Waals surface area contributed by atoms with Crippen molar-refractivity contribution < 1.29 is 23.8 Å². The fourth-order valence-electron chi connectivity index (χ4n) is 2.88. The van der Waals surface area contributed by atoms with Crippen LogP contribution in [0.25, 0.3) is 6.08 Å². The predicted octanol–water partition coefficient (Wildman–Crippen LogP) is 4.67. The Hall–Kier alpha value is -3.04. The molecule has 0 radical (unpaired) electrons. The predicted molar refractivity (Wildman–Crippen MR) is 133 cm³/mol. The zero-order valence-electron chi connectivity index (χ0n) is 18.9. The van der Waals surface area contributed by atoms with Crippen molar-refractivity contribution in [1.29, 1.82) is 0 Å². The molecule has 1 fully saturated rings. The molecule has 0 spiro atoms. The van der Waals surface area contributed by atoms with Gasteiger partial charge < -0.3 is 14.2 Å². The normalized spacial score (nSPS) is 14.7. The van der Waals surface area contributed by atoms with Crippen LogP contribution in [0.3, 0.4) is 0 Å². The largest absolute Gasteiger partial charge is 0.497 e. The molecule has 7 nitrogen and oxygen atoms in total. The van der Waals surface area contributed by atoms with Crippen LogP contribution in [-0.2, 0) is 4.79 Å². The first kappa shape index (κ1) is 24.6. The Kier molecular flexibility index (Phi) is 8.35. The number of methoxy groups -OCH3 is 1. The van der Waals surface area contributed by atoms with E-state index in [9.17, 15) is 9.59 Å². The van der Waals surface area contributed by atoms with Crippen molar-refractivity contribution in [2.24, 2.45) is 5.92 Å². The van der Waals surface area contributed by atoms with Gasteiger partial charge in [-0.2, -0.15) is 5.01 Å². The molecule has 0 unspecified atom stereocenters. The van der Waals surface area contributed by atoms with Crippen molar-refractivity contribution >= 4 is 46.2 Å². The number of nitrogens with zero attached hydrogens (tertiary/aromatic N) is 1. The van der Waals surface area contributed by atoms with E-state index in [4.69, 9.17) is 26.4 Å². The molecule has 1 N–H and O–H groups in total. The van der Waals surface area contributed by atoms with Crippen LogP contribution in [0.2, 0.25) is 0 Å². The minimum atomic E-state index is -0.444. The third-order valence-corrected chi connectivity index (χ3v) is 5.80. The van der Waals surface area contributed by atoms with Gasteiger partial charge in [0.15, 0.2) is 15.8 Å². The molecule has 0 aromatic heterocycles. The average molecular weight is 487 g/mol. The maximum atomic E-state index is 12.9. The number of amides is 2. The van der Waals surface area contributed by atoms with Crippen LogP contribution in [0.4, 0.5) is 0 Å². The highest BCUT2D eigenvalue weighted by atomic mass is 32.2. The second kappa shape index (κ2) is 11.2. The number of hydrazine groups is 1. The average Bonchev–Trinajstić information content (AvgIpc) is 3.06. The number of hydrogen-bond donors (Lipinski definition) is 1. The molecule has 0 aliphatic carbocycles. The van der Waals surface area contributed by atoms with Gasteiger partial charge >= 0.3 is 0 Å². The summed E-state index contributed by atoms with van der Waals surface area (Å²) in [6, 6.07) is 12.1. The Balaban J connectivity index is 1.75. The smallest absolute Gasteiger partial charge is 0.285 e. The number of benzene rings is 2. The highest BCUT2D eigenvalue weighted by Crippen LogP contribution is 2.34. The third-order valence-electron chi connectivity index (χ3n) is 4.50. The molecule has 1 aliphatic rings. The van der Waals surface area contributed by atoms with Gasteiger partial charge in [-0.15, -0.1) is 0 Å². The van der Waals surface area contributed by atoms with Gasteiger partial charge in [-0.05, 0) is 73.1 Å². The summed E-state index contributed by atoms with van der Waals surface area (Å²) in [4.78, 5) is 25.9. The number of carbonyl (C=O) groups excluding carboxylic acids is 2. The monoisotopic (exact) mass is 486 g/mol. The van der Waals surface area contributed by atoms with Crippen LogP contribution in [0.1, 0.15) is 36.7 Å². The Morgan fingerprint density at radius 1 is 1.15 bits per heavy atom. The quantitative estimate of drug-likeness (QED) is 0.408. The van der Waals surface area contributed by atoms with Crippen molar-refractivity contribution in [3.63, 3.8) is 0 Å². The van der Waals surface area contributed by atoms with Gasteiger partial charge in [0.25, 0.3) is 11.8 Å². The molecule has 2 aromatic rings. The Bertz CT molecular complexity index is 1070. The summed E-state index contributed by atoms with van der Waals surface area (Å²) >= 11 is 6.43. The van der Waals surface area contributed by atoms with Gasteiger partial charge in [0.05, 0.1) is 25.2 Å². The van der Waals surface area contributed by atoms with Crippen molar-refractivity contribution in [2.75, 3.05) is 20.3 Å². The lowest BCUT2D eigenvalue weighted by Gasteiger charge is -2.15. The van der Waals surface area contributed by atoms with Crippen LogP contribution in [0.15, 0.2) is 47.4 Å². The molecule has 2 amide bonds. The van der Waals surface area contributed by atoms with Crippen molar-refractivity contribution in [3.05, 3.63) is 58.5 Å². The second-order valence-corrected chi connectivity index (χ2v) is 9.21. The number of ether oxygens (including phenoxy) is 3. The Morgan fingerprint density at radius 2 is 1.88 bits per heavy atom. The highest BCUT2D eigenvalue weighted by molar-refractivity contribution is 8.26. The fourth-order valence-corrected chi connectivity index (χ4v) is 4.06. The van der Waals surface area contributed by atoms with Crippen LogP contribution in [0.5, 0.6) is 17.2 Å². The lowest BCUT2D eigenvalue weighted by Crippen LogP contribution is -2.44. The minimum absolute atomic E-state index is 0.245. The molecular formula is C24H26N2O5S2. The zero-order valence-corrected chi connectivity index (χ0v) is 20.5. The van der Waals surface area contributed by atoms with E-state index in [2.05, 4.69) is 19.3 Å². The van der Waals surface area contributed by atoms with Crippen LogP contribution < -0.4 is 19.6 Å². The Labute approximate surface area is 203 Å². The van der Waals surface area contributed by atoms with Crippen LogP contribution >= 0.6 is 24.0 Å².